The van der Waals surface area contributed by atoms with Gasteiger partial charge in [-0.25, -0.2) is 0 Å². The van der Waals surface area contributed by atoms with E-state index >= 15 is 0 Å². The van der Waals surface area contributed by atoms with Gasteiger partial charge in [-0.15, -0.1) is 0 Å². The Labute approximate surface area is 136 Å². The maximum Gasteiger partial charge on any atom is 0.308 e. The van der Waals surface area contributed by atoms with Crippen molar-refractivity contribution in [1.29, 1.82) is 0 Å². The van der Waals surface area contributed by atoms with Crippen LogP contribution in [0.3, 0.4) is 0 Å². The smallest absolute Gasteiger partial charge is 0.308 e. The van der Waals surface area contributed by atoms with Gasteiger partial charge in [0, 0.05) is 12.1 Å². The summed E-state index contributed by atoms with van der Waals surface area (Å²) < 4.78 is 11.6. The minimum Gasteiger partial charge on any atom is -0.486 e. The second kappa shape index (κ2) is 7.49. The first-order chi connectivity index (χ1) is 10.5. The van der Waals surface area contributed by atoms with Gasteiger partial charge in [0.1, 0.15) is 13.2 Å². The van der Waals surface area contributed by atoms with Gasteiger partial charge in [0.05, 0.1) is 10.4 Å². The van der Waals surface area contributed by atoms with Crippen LogP contribution >= 0.6 is 15.9 Å². The van der Waals surface area contributed by atoms with Crippen molar-refractivity contribution in [3.8, 4) is 11.5 Å². The first-order valence-corrected chi connectivity index (χ1v) is 7.92. The lowest BCUT2D eigenvalue weighted by molar-refractivity contribution is -0.141. The highest BCUT2D eigenvalue weighted by molar-refractivity contribution is 9.10. The molecule has 6 nitrogen and oxygen atoms in total. The number of carbonyl (C=O) groups is 2. The van der Waals surface area contributed by atoms with Crippen molar-refractivity contribution in [2.75, 3.05) is 19.8 Å². The lowest BCUT2D eigenvalue weighted by Crippen LogP contribution is -2.33. The maximum atomic E-state index is 12.2. The average molecular weight is 372 g/mol. The number of rotatable bonds is 6. The van der Waals surface area contributed by atoms with Gasteiger partial charge in [0.25, 0.3) is 5.91 Å². The monoisotopic (exact) mass is 371 g/mol. The molecule has 0 aliphatic carbocycles. The molecule has 0 bridgehead atoms. The average Bonchev–Trinajstić information content (AvgIpc) is 2.50. The third kappa shape index (κ3) is 3.91. The van der Waals surface area contributed by atoms with Gasteiger partial charge in [-0.2, -0.15) is 0 Å². The number of hydrogen-bond acceptors (Lipinski definition) is 4. The molecular weight excluding hydrogens is 354 g/mol. The maximum absolute atomic E-state index is 12.2. The summed E-state index contributed by atoms with van der Waals surface area (Å²) in [6, 6.07) is 3.24. The van der Waals surface area contributed by atoms with Gasteiger partial charge in [0.2, 0.25) is 0 Å². The van der Waals surface area contributed by atoms with Gasteiger partial charge in [-0.05, 0) is 34.5 Å². The predicted molar refractivity (Wildman–Crippen MR) is 83.5 cm³/mol. The summed E-state index contributed by atoms with van der Waals surface area (Å²) in [6.45, 7) is 2.92. The molecule has 0 radical (unpaired) electrons. The van der Waals surface area contributed by atoms with Gasteiger partial charge in [-0.1, -0.05) is 13.3 Å². The second-order valence-corrected chi connectivity index (χ2v) is 5.87. The topological polar surface area (TPSA) is 84.9 Å². The quantitative estimate of drug-likeness (QED) is 0.801. The van der Waals surface area contributed by atoms with Crippen molar-refractivity contribution in [2.45, 2.75) is 19.8 Å². The van der Waals surface area contributed by atoms with Crippen molar-refractivity contribution in [1.82, 2.24) is 5.32 Å². The van der Waals surface area contributed by atoms with Crippen LogP contribution in [0.4, 0.5) is 0 Å². The number of nitrogens with one attached hydrogen (secondary N) is 1. The number of ether oxygens (including phenoxy) is 2. The van der Waals surface area contributed by atoms with Gasteiger partial charge in [0.15, 0.2) is 11.5 Å². The minimum absolute atomic E-state index is 0.105. The van der Waals surface area contributed by atoms with Gasteiger partial charge < -0.3 is 19.9 Å². The van der Waals surface area contributed by atoms with Crippen molar-refractivity contribution < 1.29 is 24.2 Å². The SMILES string of the molecule is CCCC(CNC(=O)c1cc(Br)c2c(c1)OCCO2)C(=O)O. The molecule has 1 aromatic rings. The molecule has 1 atom stereocenters. The molecule has 1 aliphatic heterocycles. The Morgan fingerprint density at radius 2 is 2.09 bits per heavy atom. The highest BCUT2D eigenvalue weighted by atomic mass is 79.9. The van der Waals surface area contributed by atoms with Crippen molar-refractivity contribution in [3.63, 3.8) is 0 Å². The Morgan fingerprint density at radius 1 is 1.36 bits per heavy atom. The summed E-state index contributed by atoms with van der Waals surface area (Å²) in [6.07, 6.45) is 1.28. The normalized spacial score (nSPS) is 14.3. The van der Waals surface area contributed by atoms with Crippen LogP contribution in [0.15, 0.2) is 16.6 Å². The van der Waals surface area contributed by atoms with E-state index in [1.54, 1.807) is 12.1 Å². The minimum atomic E-state index is -0.898. The number of hydrogen-bond donors (Lipinski definition) is 2. The highest BCUT2D eigenvalue weighted by Crippen LogP contribution is 2.38. The van der Waals surface area contributed by atoms with Gasteiger partial charge in [-0.3, -0.25) is 9.59 Å². The molecule has 1 heterocycles. The summed E-state index contributed by atoms with van der Waals surface area (Å²) in [5.41, 5.74) is 0.400. The van der Waals surface area contributed by atoms with Gasteiger partial charge >= 0.3 is 5.97 Å². The zero-order valence-electron chi connectivity index (χ0n) is 12.2. The van der Waals surface area contributed by atoms with E-state index in [1.165, 1.54) is 0 Å². The van der Waals surface area contributed by atoms with E-state index < -0.39 is 11.9 Å². The van der Waals surface area contributed by atoms with Crippen LogP contribution in [0, 0.1) is 5.92 Å². The number of halogens is 1. The molecule has 0 saturated carbocycles. The van der Waals surface area contributed by atoms with Crippen molar-refractivity contribution >= 4 is 27.8 Å². The Balaban J connectivity index is 2.06. The number of carbonyl (C=O) groups excluding carboxylic acids is 1. The fourth-order valence-corrected chi connectivity index (χ4v) is 2.78. The highest BCUT2D eigenvalue weighted by Gasteiger charge is 2.21. The summed E-state index contributed by atoms with van der Waals surface area (Å²) in [7, 11) is 0. The number of carboxylic acid groups (broad SMARTS) is 1. The zero-order valence-corrected chi connectivity index (χ0v) is 13.8. The van der Waals surface area contributed by atoms with E-state index in [1.807, 2.05) is 6.92 Å². The molecular formula is C15H18BrNO5. The lowest BCUT2D eigenvalue weighted by Gasteiger charge is -2.20. The molecule has 0 fully saturated rings. The molecule has 1 aliphatic rings. The summed E-state index contributed by atoms with van der Waals surface area (Å²) in [5, 5.41) is 11.8. The molecule has 0 saturated heterocycles. The fraction of sp³-hybridized carbons (Fsp3) is 0.467. The molecule has 2 N–H and O–H groups in total. The van der Waals surface area contributed by atoms with E-state index in [0.717, 1.165) is 6.42 Å². The zero-order chi connectivity index (χ0) is 16.1. The number of amides is 1. The molecule has 120 valence electrons. The molecule has 1 unspecified atom stereocenters. The summed E-state index contributed by atoms with van der Waals surface area (Å²) in [5.74, 6) is -0.716. The van der Waals surface area contributed by atoms with Crippen molar-refractivity contribution in [2.24, 2.45) is 5.92 Å². The molecule has 1 aromatic carbocycles. The van der Waals surface area contributed by atoms with Crippen LogP contribution in [0.25, 0.3) is 0 Å². The third-order valence-corrected chi connectivity index (χ3v) is 3.94. The van der Waals surface area contributed by atoms with Crippen LogP contribution in [-0.2, 0) is 4.79 Å². The molecule has 22 heavy (non-hydrogen) atoms. The Morgan fingerprint density at radius 3 is 2.77 bits per heavy atom. The van der Waals surface area contributed by atoms with E-state index in [0.29, 0.717) is 41.2 Å². The van der Waals surface area contributed by atoms with Crippen LogP contribution < -0.4 is 14.8 Å². The number of carboxylic acids is 1. The lowest BCUT2D eigenvalue weighted by atomic mass is 10.0. The molecule has 0 aromatic heterocycles. The Hall–Kier alpha value is -1.76. The Bertz CT molecular complexity index is 575. The summed E-state index contributed by atoms with van der Waals surface area (Å²) in [4.78, 5) is 23.3. The predicted octanol–water partition coefficient (Wildman–Crippen LogP) is 2.45. The van der Waals surface area contributed by atoms with E-state index in [4.69, 9.17) is 14.6 Å². The van der Waals surface area contributed by atoms with Crippen LogP contribution in [0.2, 0.25) is 0 Å². The van der Waals surface area contributed by atoms with E-state index in [-0.39, 0.29) is 12.5 Å². The summed E-state index contributed by atoms with van der Waals surface area (Å²) >= 11 is 3.35. The van der Waals surface area contributed by atoms with Crippen LogP contribution in [-0.4, -0.2) is 36.7 Å². The molecule has 2 rings (SSSR count). The van der Waals surface area contributed by atoms with E-state index in [2.05, 4.69) is 21.2 Å². The largest absolute Gasteiger partial charge is 0.486 e. The fourth-order valence-electron chi connectivity index (χ4n) is 2.22. The number of aliphatic carboxylic acids is 1. The van der Waals surface area contributed by atoms with Crippen LogP contribution in [0.1, 0.15) is 30.1 Å². The van der Waals surface area contributed by atoms with Crippen LogP contribution in [0.5, 0.6) is 11.5 Å². The number of benzene rings is 1. The standard InChI is InChI=1S/C15H18BrNO5/c1-2-3-9(15(19)20)8-17-14(18)10-6-11(16)13-12(7-10)21-4-5-22-13/h6-7,9H,2-5,8H2,1H3,(H,17,18)(H,19,20). The first kappa shape index (κ1) is 16.6. The molecule has 1 amide bonds. The molecule has 7 heteroatoms. The van der Waals surface area contributed by atoms with E-state index in [9.17, 15) is 9.59 Å². The number of fused-ring (bicyclic) bond motifs is 1. The Kier molecular flexibility index (Phi) is 5.65. The first-order valence-electron chi connectivity index (χ1n) is 7.13. The second-order valence-electron chi connectivity index (χ2n) is 5.02. The van der Waals surface area contributed by atoms with Crippen molar-refractivity contribution in [3.05, 3.63) is 22.2 Å². The molecule has 0 spiro atoms. The third-order valence-electron chi connectivity index (χ3n) is 3.35.